The van der Waals surface area contributed by atoms with Crippen molar-refractivity contribution in [3.05, 3.63) is 11.7 Å². The summed E-state index contributed by atoms with van der Waals surface area (Å²) in [4.78, 5) is 0. The molecule has 1 saturated heterocycles. The second-order valence-corrected chi connectivity index (χ2v) is 1.47. The molecule has 0 spiro atoms. The zero-order chi connectivity index (χ0) is 5.28. The number of rotatable bonds is 0. The van der Waals surface area contributed by atoms with Crippen molar-refractivity contribution >= 4 is 12.4 Å². The predicted molar refractivity (Wildman–Crippen MR) is 29.4 cm³/mol. The summed E-state index contributed by atoms with van der Waals surface area (Å²) in [6.45, 7) is 0.755. The molecule has 0 bridgehead atoms. The van der Waals surface area contributed by atoms with Crippen LogP contribution in [0.1, 0.15) is 0 Å². The van der Waals surface area contributed by atoms with Gasteiger partial charge in [-0.2, -0.15) is 8.78 Å². The van der Waals surface area contributed by atoms with E-state index in [0.29, 0.717) is 13.1 Å². The van der Waals surface area contributed by atoms with Gasteiger partial charge in [0.15, 0.2) is 0 Å². The van der Waals surface area contributed by atoms with Crippen LogP contribution in [0, 0.1) is 0 Å². The Bertz CT molecular complexity index is 103. The average molecular weight is 142 g/mol. The van der Waals surface area contributed by atoms with Gasteiger partial charge >= 0.3 is 0 Å². The van der Waals surface area contributed by atoms with Gasteiger partial charge in [-0.15, -0.1) is 12.4 Å². The van der Waals surface area contributed by atoms with Crippen molar-refractivity contribution in [3.8, 4) is 0 Å². The molecule has 1 heterocycles. The minimum absolute atomic E-state index is 0. The van der Waals surface area contributed by atoms with Crippen molar-refractivity contribution in [2.45, 2.75) is 0 Å². The summed E-state index contributed by atoms with van der Waals surface area (Å²) in [6.07, 6.45) is -1.52. The SMILES string of the molecule is Cl.FC(F)=C1CNC1. The van der Waals surface area contributed by atoms with Crippen LogP contribution in [0.5, 0.6) is 0 Å². The van der Waals surface area contributed by atoms with Gasteiger partial charge in [-0.1, -0.05) is 0 Å². The fourth-order valence-corrected chi connectivity index (χ4v) is 0.384. The lowest BCUT2D eigenvalue weighted by Crippen LogP contribution is -2.34. The van der Waals surface area contributed by atoms with Crippen LogP contribution in [-0.4, -0.2) is 13.1 Å². The summed E-state index contributed by atoms with van der Waals surface area (Å²) in [7, 11) is 0. The molecule has 1 rings (SSSR count). The van der Waals surface area contributed by atoms with E-state index in [1.54, 1.807) is 0 Å². The monoisotopic (exact) mass is 141 g/mol. The Morgan fingerprint density at radius 3 is 1.88 bits per heavy atom. The van der Waals surface area contributed by atoms with Crippen molar-refractivity contribution in [3.63, 3.8) is 0 Å². The van der Waals surface area contributed by atoms with E-state index >= 15 is 0 Å². The van der Waals surface area contributed by atoms with Gasteiger partial charge in [0.2, 0.25) is 0 Å². The normalized spacial score (nSPS) is 16.5. The van der Waals surface area contributed by atoms with E-state index in [1.165, 1.54) is 0 Å². The highest BCUT2D eigenvalue weighted by atomic mass is 35.5. The molecule has 1 nitrogen and oxygen atoms in total. The first-order valence-electron chi connectivity index (χ1n) is 2.04. The molecular weight excluding hydrogens is 136 g/mol. The number of hydrogen-bond donors (Lipinski definition) is 1. The van der Waals surface area contributed by atoms with Crippen LogP contribution in [0.15, 0.2) is 11.7 Å². The number of hydrogen-bond acceptors (Lipinski definition) is 1. The highest BCUT2D eigenvalue weighted by molar-refractivity contribution is 5.85. The van der Waals surface area contributed by atoms with E-state index in [9.17, 15) is 8.78 Å². The Morgan fingerprint density at radius 2 is 1.88 bits per heavy atom. The molecular formula is C4H6ClF2N. The third kappa shape index (κ3) is 1.42. The molecule has 0 atom stereocenters. The molecule has 4 heteroatoms. The van der Waals surface area contributed by atoms with E-state index in [2.05, 4.69) is 5.32 Å². The van der Waals surface area contributed by atoms with E-state index in [4.69, 9.17) is 0 Å². The Hall–Kier alpha value is -0.150. The first kappa shape index (κ1) is 7.85. The molecule has 0 amide bonds. The smallest absolute Gasteiger partial charge is 0.272 e. The molecule has 0 aromatic rings. The van der Waals surface area contributed by atoms with Gasteiger partial charge in [-0.3, -0.25) is 0 Å². The van der Waals surface area contributed by atoms with Crippen LogP contribution >= 0.6 is 12.4 Å². The molecule has 8 heavy (non-hydrogen) atoms. The third-order valence-corrected chi connectivity index (χ3v) is 0.944. The lowest BCUT2D eigenvalue weighted by Gasteiger charge is -2.15. The van der Waals surface area contributed by atoms with Crippen molar-refractivity contribution in [2.24, 2.45) is 0 Å². The van der Waals surface area contributed by atoms with Crippen LogP contribution in [0.25, 0.3) is 0 Å². The molecule has 0 unspecified atom stereocenters. The van der Waals surface area contributed by atoms with Gasteiger partial charge < -0.3 is 5.32 Å². The van der Waals surface area contributed by atoms with Crippen molar-refractivity contribution in [1.29, 1.82) is 0 Å². The Labute approximate surface area is 52.2 Å². The maximum absolute atomic E-state index is 11.3. The maximum atomic E-state index is 11.3. The summed E-state index contributed by atoms with van der Waals surface area (Å²) in [6, 6.07) is 0. The van der Waals surface area contributed by atoms with Crippen LogP contribution in [0.3, 0.4) is 0 Å². The highest BCUT2D eigenvalue weighted by Crippen LogP contribution is 2.10. The minimum atomic E-state index is -1.52. The fraction of sp³-hybridized carbons (Fsp3) is 0.500. The Morgan fingerprint density at radius 1 is 1.38 bits per heavy atom. The van der Waals surface area contributed by atoms with Gasteiger partial charge in [0.1, 0.15) is 0 Å². The lowest BCUT2D eigenvalue weighted by atomic mass is 10.2. The quantitative estimate of drug-likeness (QED) is 0.534. The standard InChI is InChI=1S/C4H5F2N.ClH/c5-4(6)3-1-7-2-3;/h7H,1-2H2;1H. The average Bonchev–Trinajstić information content (AvgIpc) is 1.23. The van der Waals surface area contributed by atoms with Crippen molar-refractivity contribution in [1.82, 2.24) is 5.32 Å². The van der Waals surface area contributed by atoms with Crippen molar-refractivity contribution in [2.75, 3.05) is 13.1 Å². The zero-order valence-electron chi connectivity index (χ0n) is 4.08. The number of halogens is 3. The Kier molecular flexibility index (Phi) is 2.94. The van der Waals surface area contributed by atoms with E-state index < -0.39 is 6.08 Å². The minimum Gasteiger partial charge on any atom is -0.309 e. The van der Waals surface area contributed by atoms with Crippen molar-refractivity contribution < 1.29 is 8.78 Å². The molecule has 0 aromatic heterocycles. The molecule has 1 fully saturated rings. The molecule has 1 aliphatic heterocycles. The lowest BCUT2D eigenvalue weighted by molar-refractivity contribution is 0.392. The number of nitrogens with one attached hydrogen (secondary N) is 1. The van der Waals surface area contributed by atoms with Gasteiger partial charge in [-0.25, -0.2) is 0 Å². The summed E-state index contributed by atoms with van der Waals surface area (Å²) in [5.41, 5.74) is 0.250. The van der Waals surface area contributed by atoms with Gasteiger partial charge in [0.25, 0.3) is 6.08 Å². The zero-order valence-corrected chi connectivity index (χ0v) is 4.89. The Balaban J connectivity index is 0.000000490. The predicted octanol–water partition coefficient (Wildman–Crippen LogP) is 1.16. The molecule has 0 aliphatic carbocycles. The van der Waals surface area contributed by atoms with Gasteiger partial charge in [0, 0.05) is 18.7 Å². The maximum Gasteiger partial charge on any atom is 0.272 e. The summed E-state index contributed by atoms with van der Waals surface area (Å²) in [5.74, 6) is 0. The topological polar surface area (TPSA) is 12.0 Å². The molecule has 0 radical (unpaired) electrons. The fourth-order valence-electron chi connectivity index (χ4n) is 0.384. The van der Waals surface area contributed by atoms with Crippen LogP contribution in [0.4, 0.5) is 8.78 Å². The molecule has 0 saturated carbocycles. The van der Waals surface area contributed by atoms with Crippen LogP contribution in [0.2, 0.25) is 0 Å². The second-order valence-electron chi connectivity index (χ2n) is 1.47. The second kappa shape index (κ2) is 2.99. The van der Waals surface area contributed by atoms with Gasteiger partial charge in [0.05, 0.1) is 0 Å². The first-order chi connectivity index (χ1) is 3.30. The molecule has 48 valence electrons. The summed E-state index contributed by atoms with van der Waals surface area (Å²) >= 11 is 0. The van der Waals surface area contributed by atoms with E-state index in [0.717, 1.165) is 0 Å². The van der Waals surface area contributed by atoms with Crippen LogP contribution in [-0.2, 0) is 0 Å². The van der Waals surface area contributed by atoms with Crippen LogP contribution < -0.4 is 5.32 Å². The summed E-state index contributed by atoms with van der Waals surface area (Å²) < 4.78 is 22.6. The molecule has 0 aromatic carbocycles. The first-order valence-corrected chi connectivity index (χ1v) is 2.04. The van der Waals surface area contributed by atoms with E-state index in [-0.39, 0.29) is 18.0 Å². The molecule has 1 N–H and O–H groups in total. The van der Waals surface area contributed by atoms with Gasteiger partial charge in [-0.05, 0) is 0 Å². The van der Waals surface area contributed by atoms with E-state index in [1.807, 2.05) is 0 Å². The highest BCUT2D eigenvalue weighted by Gasteiger charge is 2.12. The summed E-state index contributed by atoms with van der Waals surface area (Å²) in [5, 5.41) is 2.70. The third-order valence-electron chi connectivity index (χ3n) is 0.944. The molecule has 1 aliphatic rings. The largest absolute Gasteiger partial charge is 0.309 e.